The highest BCUT2D eigenvalue weighted by molar-refractivity contribution is 7.13. The Labute approximate surface area is 138 Å². The molecule has 0 saturated carbocycles. The van der Waals surface area contributed by atoms with Crippen molar-refractivity contribution in [2.45, 2.75) is 0 Å². The van der Waals surface area contributed by atoms with Crippen molar-refractivity contribution >= 4 is 33.5 Å². The van der Waals surface area contributed by atoms with Crippen molar-refractivity contribution in [3.8, 4) is 21.9 Å². The number of aromatic amines is 1. The third kappa shape index (κ3) is 1.85. The van der Waals surface area contributed by atoms with E-state index in [-0.39, 0.29) is 11.1 Å². The number of thiophene rings is 1. The number of rotatable bonds is 2. The summed E-state index contributed by atoms with van der Waals surface area (Å²) in [7, 11) is 0. The Morgan fingerprint density at radius 1 is 1.21 bits per heavy atom. The molecule has 0 saturated heterocycles. The largest absolute Gasteiger partial charge is 0.464 e. The van der Waals surface area contributed by atoms with Crippen molar-refractivity contribution in [1.82, 2.24) is 15.0 Å². The van der Waals surface area contributed by atoms with Gasteiger partial charge in [-0.2, -0.15) is 0 Å². The van der Waals surface area contributed by atoms with E-state index in [2.05, 4.69) is 15.0 Å². The van der Waals surface area contributed by atoms with E-state index in [1.54, 1.807) is 17.6 Å². The molecule has 5 aromatic heterocycles. The van der Waals surface area contributed by atoms with Crippen LogP contribution < -0.4 is 5.56 Å². The Balaban J connectivity index is 1.96. The van der Waals surface area contributed by atoms with Gasteiger partial charge in [-0.1, -0.05) is 6.07 Å². The van der Waals surface area contributed by atoms with Crippen molar-refractivity contribution < 1.29 is 8.83 Å². The van der Waals surface area contributed by atoms with E-state index in [1.165, 1.54) is 6.33 Å². The molecule has 5 rings (SSSR count). The zero-order valence-corrected chi connectivity index (χ0v) is 13.0. The normalized spacial score (nSPS) is 11.5. The summed E-state index contributed by atoms with van der Waals surface area (Å²) in [6, 6.07) is 9.56. The fraction of sp³-hybridized carbons (Fsp3) is 0. The number of hydrogen-bond acceptors (Lipinski definition) is 6. The number of nitrogens with zero attached hydrogens (tertiary/aromatic N) is 2. The summed E-state index contributed by atoms with van der Waals surface area (Å²) in [5.74, 6) is 0.671. The van der Waals surface area contributed by atoms with Gasteiger partial charge in [0.2, 0.25) is 11.3 Å². The second-order valence-electron chi connectivity index (χ2n) is 5.20. The molecule has 6 nitrogen and oxygen atoms in total. The molecule has 5 heterocycles. The lowest BCUT2D eigenvalue weighted by Crippen LogP contribution is -2.04. The maximum Gasteiger partial charge on any atom is 0.294 e. The van der Waals surface area contributed by atoms with Crippen LogP contribution in [0.15, 0.2) is 61.9 Å². The van der Waals surface area contributed by atoms with Crippen LogP contribution >= 0.6 is 11.3 Å². The van der Waals surface area contributed by atoms with Gasteiger partial charge >= 0.3 is 0 Å². The molecule has 0 amide bonds. The molecule has 0 bridgehead atoms. The smallest absolute Gasteiger partial charge is 0.294 e. The Hall–Kier alpha value is -3.19. The van der Waals surface area contributed by atoms with Crippen LogP contribution in [-0.4, -0.2) is 15.0 Å². The van der Waals surface area contributed by atoms with Crippen molar-refractivity contribution in [1.29, 1.82) is 0 Å². The number of hydrogen-bond donors (Lipinski definition) is 1. The van der Waals surface area contributed by atoms with E-state index in [0.717, 1.165) is 16.1 Å². The molecule has 0 atom stereocenters. The van der Waals surface area contributed by atoms with E-state index in [4.69, 9.17) is 8.83 Å². The van der Waals surface area contributed by atoms with E-state index in [1.807, 2.05) is 35.7 Å². The standard InChI is InChI=1S/C17H9N3O3S/c21-16-15-14(18-8-19-16)13-9(11-3-1-5-22-11)7-10(20-17(13)23-15)12-4-2-6-24-12/h1-8H,(H,18,19,21). The second-order valence-corrected chi connectivity index (χ2v) is 6.15. The first-order valence-corrected chi connectivity index (χ1v) is 8.08. The first kappa shape index (κ1) is 13.3. The minimum atomic E-state index is -0.332. The predicted molar refractivity (Wildman–Crippen MR) is 90.9 cm³/mol. The molecule has 24 heavy (non-hydrogen) atoms. The fourth-order valence-electron chi connectivity index (χ4n) is 2.76. The summed E-state index contributed by atoms with van der Waals surface area (Å²) in [5, 5.41) is 2.66. The van der Waals surface area contributed by atoms with Gasteiger partial charge in [-0.05, 0) is 29.6 Å². The number of H-pyrrole nitrogens is 1. The molecule has 5 aromatic rings. The SMILES string of the molecule is O=c1[nH]cnc2c1oc1nc(-c3cccs3)cc(-c3ccco3)c12. The lowest BCUT2D eigenvalue weighted by atomic mass is 10.1. The molecule has 0 spiro atoms. The summed E-state index contributed by atoms with van der Waals surface area (Å²) in [4.78, 5) is 24.4. The lowest BCUT2D eigenvalue weighted by molar-refractivity contribution is 0.582. The van der Waals surface area contributed by atoms with Gasteiger partial charge < -0.3 is 13.8 Å². The molecule has 0 fully saturated rings. The summed E-state index contributed by atoms with van der Waals surface area (Å²) in [5.41, 5.74) is 2.23. The van der Waals surface area contributed by atoms with Gasteiger partial charge in [0.15, 0.2) is 0 Å². The van der Waals surface area contributed by atoms with Crippen molar-refractivity contribution in [2.75, 3.05) is 0 Å². The van der Waals surface area contributed by atoms with Crippen LogP contribution in [0.1, 0.15) is 0 Å². The average Bonchev–Trinajstić information content (AvgIpc) is 3.34. The maximum absolute atomic E-state index is 12.0. The zero-order chi connectivity index (χ0) is 16.1. The van der Waals surface area contributed by atoms with Gasteiger partial charge in [0, 0.05) is 5.56 Å². The average molecular weight is 335 g/mol. The summed E-state index contributed by atoms with van der Waals surface area (Å²) < 4.78 is 11.3. The zero-order valence-electron chi connectivity index (χ0n) is 12.1. The van der Waals surface area contributed by atoms with Crippen LogP contribution in [0.5, 0.6) is 0 Å². The Kier molecular flexibility index (Phi) is 2.71. The van der Waals surface area contributed by atoms with Crippen LogP contribution in [0.3, 0.4) is 0 Å². The topological polar surface area (TPSA) is 84.9 Å². The molecular weight excluding hydrogens is 326 g/mol. The van der Waals surface area contributed by atoms with Crippen LogP contribution in [0, 0.1) is 0 Å². The van der Waals surface area contributed by atoms with Gasteiger partial charge in [-0.25, -0.2) is 9.97 Å². The van der Waals surface area contributed by atoms with Gasteiger partial charge in [0.25, 0.3) is 5.56 Å². The van der Waals surface area contributed by atoms with Gasteiger partial charge in [-0.3, -0.25) is 4.79 Å². The Morgan fingerprint density at radius 3 is 2.96 bits per heavy atom. The van der Waals surface area contributed by atoms with E-state index in [0.29, 0.717) is 22.4 Å². The van der Waals surface area contributed by atoms with Crippen molar-refractivity contribution in [3.63, 3.8) is 0 Å². The Morgan fingerprint density at radius 2 is 2.17 bits per heavy atom. The van der Waals surface area contributed by atoms with Crippen molar-refractivity contribution in [2.24, 2.45) is 0 Å². The van der Waals surface area contributed by atoms with Gasteiger partial charge in [-0.15, -0.1) is 11.3 Å². The number of fused-ring (bicyclic) bond motifs is 3. The molecule has 0 aromatic carbocycles. The van der Waals surface area contributed by atoms with Crippen LogP contribution in [0.4, 0.5) is 0 Å². The molecule has 0 aliphatic carbocycles. The summed E-state index contributed by atoms with van der Waals surface area (Å²) >= 11 is 1.58. The molecular formula is C17H9N3O3S. The molecule has 0 unspecified atom stereocenters. The third-order valence-electron chi connectivity index (χ3n) is 3.79. The van der Waals surface area contributed by atoms with E-state index < -0.39 is 0 Å². The van der Waals surface area contributed by atoms with Gasteiger partial charge in [0.1, 0.15) is 11.3 Å². The number of furan rings is 2. The lowest BCUT2D eigenvalue weighted by Gasteiger charge is -2.03. The maximum atomic E-state index is 12.0. The van der Waals surface area contributed by atoms with Crippen LogP contribution in [0.2, 0.25) is 0 Å². The Bertz CT molecular complexity index is 1220. The molecule has 7 heteroatoms. The second kappa shape index (κ2) is 4.90. The molecule has 0 radical (unpaired) electrons. The number of pyridine rings is 1. The summed E-state index contributed by atoms with van der Waals surface area (Å²) in [6.45, 7) is 0. The highest BCUT2D eigenvalue weighted by Crippen LogP contribution is 2.37. The molecule has 116 valence electrons. The van der Waals surface area contributed by atoms with Crippen LogP contribution in [0.25, 0.3) is 44.1 Å². The molecule has 0 aliphatic rings. The third-order valence-corrected chi connectivity index (χ3v) is 4.69. The van der Waals surface area contributed by atoms with Crippen LogP contribution in [-0.2, 0) is 0 Å². The molecule has 1 N–H and O–H groups in total. The quantitative estimate of drug-likeness (QED) is 0.526. The number of nitrogens with one attached hydrogen (secondary N) is 1. The first-order valence-electron chi connectivity index (χ1n) is 7.20. The number of aromatic nitrogens is 3. The van der Waals surface area contributed by atoms with E-state index >= 15 is 0 Å². The van der Waals surface area contributed by atoms with E-state index in [9.17, 15) is 4.79 Å². The summed E-state index contributed by atoms with van der Waals surface area (Å²) in [6.07, 6.45) is 2.97. The highest BCUT2D eigenvalue weighted by Gasteiger charge is 2.20. The fourth-order valence-corrected chi connectivity index (χ4v) is 3.44. The minimum Gasteiger partial charge on any atom is -0.464 e. The van der Waals surface area contributed by atoms with Crippen molar-refractivity contribution in [3.05, 3.63) is 58.7 Å². The predicted octanol–water partition coefficient (Wildman–Crippen LogP) is 4.05. The van der Waals surface area contributed by atoms with Gasteiger partial charge in [0.05, 0.1) is 28.5 Å². The first-order chi connectivity index (χ1) is 11.8. The minimum absolute atomic E-state index is 0.163. The highest BCUT2D eigenvalue weighted by atomic mass is 32.1. The monoisotopic (exact) mass is 335 g/mol. The molecule has 0 aliphatic heterocycles.